The molecule has 4 aromatic rings. The highest BCUT2D eigenvalue weighted by molar-refractivity contribution is 7.17. The van der Waals surface area contributed by atoms with Gasteiger partial charge < -0.3 is 9.52 Å². The van der Waals surface area contributed by atoms with Crippen molar-refractivity contribution < 1.29 is 9.52 Å². The van der Waals surface area contributed by atoms with E-state index in [1.54, 1.807) is 23.7 Å². The van der Waals surface area contributed by atoms with Gasteiger partial charge in [0, 0.05) is 11.4 Å². The minimum absolute atomic E-state index is 0.0494. The van der Waals surface area contributed by atoms with E-state index in [-0.39, 0.29) is 11.9 Å². The maximum Gasteiger partial charge on any atom is 0.230 e. The predicted molar refractivity (Wildman–Crippen MR) is 106 cm³/mol. The summed E-state index contributed by atoms with van der Waals surface area (Å²) in [6.07, 6.45) is 4.05. The number of rotatable bonds is 4. The lowest BCUT2D eigenvalue weighted by atomic mass is 9.98. The number of hydrogen-bond acceptors (Lipinski definition) is 7. The van der Waals surface area contributed by atoms with E-state index in [0.717, 1.165) is 18.0 Å². The smallest absolute Gasteiger partial charge is 0.230 e. The minimum Gasteiger partial charge on any atom is -0.492 e. The molecule has 4 aromatic heterocycles. The lowest BCUT2D eigenvalue weighted by Gasteiger charge is -2.36. The van der Waals surface area contributed by atoms with Crippen LogP contribution in [0.2, 0.25) is 0 Å². The number of furan rings is 1. The zero-order valence-electron chi connectivity index (χ0n) is 14.9. The first kappa shape index (κ1) is 17.0. The Balaban J connectivity index is 1.58. The van der Waals surface area contributed by atoms with E-state index in [2.05, 4.69) is 39.4 Å². The first-order valence-corrected chi connectivity index (χ1v) is 10.8. The Bertz CT molecular complexity index is 1040. The fraction of sp³-hybridized carbons (Fsp3) is 0.368. The Morgan fingerprint density at radius 1 is 1.33 bits per heavy atom. The van der Waals surface area contributed by atoms with Crippen LogP contribution in [0.1, 0.15) is 35.6 Å². The molecule has 1 saturated heterocycles. The number of aromatic nitrogens is 3. The van der Waals surface area contributed by atoms with E-state index >= 15 is 0 Å². The largest absolute Gasteiger partial charge is 0.492 e. The third-order valence-corrected chi connectivity index (χ3v) is 7.05. The number of likely N-dealkylation sites (tertiary alicyclic amines) is 1. The zero-order chi connectivity index (χ0) is 18.4. The van der Waals surface area contributed by atoms with Crippen LogP contribution in [0.3, 0.4) is 0 Å². The molecule has 0 aromatic carbocycles. The van der Waals surface area contributed by atoms with Gasteiger partial charge in [0.2, 0.25) is 16.7 Å². The van der Waals surface area contributed by atoms with E-state index in [4.69, 9.17) is 4.42 Å². The van der Waals surface area contributed by atoms with Crippen molar-refractivity contribution in [1.82, 2.24) is 19.5 Å². The van der Waals surface area contributed by atoms with Crippen LogP contribution >= 0.6 is 22.7 Å². The first-order chi connectivity index (χ1) is 13.2. The number of nitrogens with zero attached hydrogens (tertiary/aromatic N) is 4. The summed E-state index contributed by atoms with van der Waals surface area (Å²) >= 11 is 3.24. The van der Waals surface area contributed by atoms with Crippen molar-refractivity contribution in [2.45, 2.75) is 25.8 Å². The monoisotopic (exact) mass is 400 g/mol. The van der Waals surface area contributed by atoms with Gasteiger partial charge >= 0.3 is 0 Å². The second-order valence-corrected chi connectivity index (χ2v) is 9.05. The molecule has 0 saturated carbocycles. The molecular weight excluding hydrogens is 380 g/mol. The number of fused-ring (bicyclic) bond motifs is 1. The minimum atomic E-state index is 0.0494. The van der Waals surface area contributed by atoms with Gasteiger partial charge in [-0.1, -0.05) is 24.3 Å². The maximum atomic E-state index is 11.0. The van der Waals surface area contributed by atoms with Crippen molar-refractivity contribution in [2.75, 3.05) is 13.1 Å². The molecule has 0 bridgehead atoms. The van der Waals surface area contributed by atoms with Crippen LogP contribution < -0.4 is 0 Å². The Morgan fingerprint density at radius 3 is 2.96 bits per heavy atom. The molecule has 0 aliphatic carbocycles. The quantitative estimate of drug-likeness (QED) is 0.541. The molecule has 0 spiro atoms. The van der Waals surface area contributed by atoms with Crippen molar-refractivity contribution in [1.29, 1.82) is 0 Å². The normalized spacial score (nSPS) is 19.7. The van der Waals surface area contributed by atoms with Gasteiger partial charge in [0.05, 0.1) is 17.2 Å². The standard InChI is InChI=1S/C19H20N4O2S2/c1-12-5-2-8-22(11-12)15(14-7-4-10-26-14)16-18(24)23-19(27-16)20-17(21-23)13-6-3-9-25-13/h3-4,6-7,9-10,12,15,24H,2,5,8,11H2,1H3/t12-,15-/m0/s1. The Morgan fingerprint density at radius 2 is 2.26 bits per heavy atom. The molecule has 140 valence electrons. The lowest BCUT2D eigenvalue weighted by molar-refractivity contribution is 0.150. The van der Waals surface area contributed by atoms with Crippen LogP contribution in [0.4, 0.5) is 0 Å². The van der Waals surface area contributed by atoms with E-state index in [9.17, 15) is 5.11 Å². The van der Waals surface area contributed by atoms with Crippen LogP contribution in [-0.4, -0.2) is 37.7 Å². The molecule has 0 radical (unpaired) electrons. The average Bonchev–Trinajstić information content (AvgIpc) is 3.42. The SMILES string of the molecule is C[C@H]1CCCN([C@@H](c2cccs2)c2sc3nc(-c4ccco4)nn3c2O)C1. The van der Waals surface area contributed by atoms with Gasteiger partial charge in [-0.15, -0.1) is 16.4 Å². The number of hydrogen-bond donors (Lipinski definition) is 1. The maximum absolute atomic E-state index is 11.0. The summed E-state index contributed by atoms with van der Waals surface area (Å²) in [6.45, 7) is 4.38. The highest BCUT2D eigenvalue weighted by Gasteiger charge is 2.32. The van der Waals surface area contributed by atoms with Gasteiger partial charge in [-0.05, 0) is 48.9 Å². The summed E-state index contributed by atoms with van der Waals surface area (Å²) < 4.78 is 6.91. The van der Waals surface area contributed by atoms with E-state index in [0.29, 0.717) is 22.5 Å². The molecule has 1 fully saturated rings. The van der Waals surface area contributed by atoms with E-state index < -0.39 is 0 Å². The summed E-state index contributed by atoms with van der Waals surface area (Å²) in [5.74, 6) is 1.94. The van der Waals surface area contributed by atoms with Crippen LogP contribution in [0.25, 0.3) is 16.5 Å². The molecule has 5 heterocycles. The van der Waals surface area contributed by atoms with Crippen molar-refractivity contribution in [3.05, 3.63) is 45.7 Å². The van der Waals surface area contributed by atoms with Crippen LogP contribution in [0, 0.1) is 5.92 Å². The third kappa shape index (κ3) is 2.97. The highest BCUT2D eigenvalue weighted by Crippen LogP contribution is 2.43. The Kier molecular flexibility index (Phi) is 4.26. The van der Waals surface area contributed by atoms with Crippen molar-refractivity contribution in [2.24, 2.45) is 5.92 Å². The van der Waals surface area contributed by atoms with Gasteiger partial charge in [-0.3, -0.25) is 4.90 Å². The summed E-state index contributed by atoms with van der Waals surface area (Å²) in [5, 5.41) is 17.5. The molecule has 8 heteroatoms. The van der Waals surface area contributed by atoms with Crippen molar-refractivity contribution in [3.8, 4) is 17.5 Å². The topological polar surface area (TPSA) is 66.8 Å². The molecule has 1 aliphatic heterocycles. The van der Waals surface area contributed by atoms with Crippen LogP contribution in [0.15, 0.2) is 40.3 Å². The highest BCUT2D eigenvalue weighted by atomic mass is 32.1. The fourth-order valence-electron chi connectivity index (χ4n) is 3.82. The number of thiophene rings is 1. The van der Waals surface area contributed by atoms with Gasteiger partial charge in [0.1, 0.15) is 0 Å². The summed E-state index contributed by atoms with van der Waals surface area (Å²) in [4.78, 5) is 9.88. The molecule has 0 unspecified atom stereocenters. The Hall–Kier alpha value is -2.16. The number of piperidine rings is 1. The molecule has 6 nitrogen and oxygen atoms in total. The molecular formula is C19H20N4O2S2. The van der Waals surface area contributed by atoms with Crippen LogP contribution in [-0.2, 0) is 0 Å². The van der Waals surface area contributed by atoms with Gasteiger partial charge in [-0.25, -0.2) is 0 Å². The number of aromatic hydroxyl groups is 1. The number of thiazole rings is 1. The van der Waals surface area contributed by atoms with Gasteiger partial charge in [0.25, 0.3) is 0 Å². The average molecular weight is 401 g/mol. The predicted octanol–water partition coefficient (Wildman–Crippen LogP) is 4.64. The van der Waals surface area contributed by atoms with Gasteiger partial charge in [0.15, 0.2) is 5.76 Å². The molecule has 1 N–H and O–H groups in total. The summed E-state index contributed by atoms with van der Waals surface area (Å²) in [7, 11) is 0. The van der Waals surface area contributed by atoms with E-state index in [1.807, 2.05) is 6.07 Å². The third-order valence-electron chi connectivity index (χ3n) is 5.06. The van der Waals surface area contributed by atoms with Crippen molar-refractivity contribution in [3.63, 3.8) is 0 Å². The second kappa shape index (κ2) is 6.78. The Labute approximate surface area is 164 Å². The molecule has 5 rings (SSSR count). The van der Waals surface area contributed by atoms with E-state index in [1.165, 1.54) is 33.6 Å². The molecule has 1 aliphatic rings. The molecule has 0 amide bonds. The molecule has 2 atom stereocenters. The van der Waals surface area contributed by atoms with Crippen LogP contribution in [0.5, 0.6) is 5.88 Å². The second-order valence-electron chi connectivity index (χ2n) is 7.06. The molecule has 27 heavy (non-hydrogen) atoms. The van der Waals surface area contributed by atoms with Crippen molar-refractivity contribution >= 4 is 27.6 Å². The fourth-order valence-corrected chi connectivity index (χ4v) is 5.87. The summed E-state index contributed by atoms with van der Waals surface area (Å²) in [5.41, 5.74) is 0. The first-order valence-electron chi connectivity index (χ1n) is 9.10. The zero-order valence-corrected chi connectivity index (χ0v) is 16.5. The summed E-state index contributed by atoms with van der Waals surface area (Å²) in [6, 6.07) is 7.90. The van der Waals surface area contributed by atoms with Gasteiger partial charge in [-0.2, -0.15) is 9.50 Å². The lowest BCUT2D eigenvalue weighted by Crippen LogP contribution is -2.37.